The van der Waals surface area contributed by atoms with Gasteiger partial charge in [-0.05, 0) is 18.1 Å². The Kier molecular flexibility index (Phi) is 2.86. The molecule has 0 heterocycles. The average Bonchev–Trinajstić information content (AvgIpc) is 2.62. The molecule has 1 aromatic rings. The summed E-state index contributed by atoms with van der Waals surface area (Å²) in [6.45, 7) is 1.97. The third-order valence-electron chi connectivity index (χ3n) is 2.47. The Bertz CT molecular complexity index is 393. The van der Waals surface area contributed by atoms with Gasteiger partial charge in [0.15, 0.2) is 0 Å². The molecule has 0 amide bonds. The van der Waals surface area contributed by atoms with Crippen molar-refractivity contribution < 1.29 is 9.53 Å². The fourth-order valence-electron chi connectivity index (χ4n) is 1.72. The molecular weight excluding hydrogens is 188 g/mol. The minimum atomic E-state index is -0.180. The van der Waals surface area contributed by atoms with Crippen molar-refractivity contribution in [2.75, 3.05) is 0 Å². The van der Waals surface area contributed by atoms with Gasteiger partial charge in [0, 0.05) is 12.0 Å². The lowest BCUT2D eigenvalue weighted by molar-refractivity contribution is -0.147. The summed E-state index contributed by atoms with van der Waals surface area (Å²) in [5.41, 5.74) is 2.23. The summed E-state index contributed by atoms with van der Waals surface area (Å²) in [5, 5.41) is 0. The molecule has 2 heteroatoms. The number of rotatable bonds is 3. The van der Waals surface area contributed by atoms with Crippen LogP contribution in [0, 0.1) is 0 Å². The molecule has 15 heavy (non-hydrogen) atoms. The zero-order valence-electron chi connectivity index (χ0n) is 8.77. The lowest BCUT2D eigenvalue weighted by atomic mass is 10.1. The van der Waals surface area contributed by atoms with Crippen molar-refractivity contribution in [1.82, 2.24) is 0 Å². The molecule has 0 radical (unpaired) electrons. The van der Waals surface area contributed by atoms with Crippen LogP contribution in [0.15, 0.2) is 30.3 Å². The van der Waals surface area contributed by atoms with Gasteiger partial charge < -0.3 is 4.74 Å². The minimum absolute atomic E-state index is 0.121. The Labute approximate surface area is 89.6 Å². The number of fused-ring (bicyclic) bond motifs is 1. The predicted octanol–water partition coefficient (Wildman–Crippen LogP) is 3.10. The molecule has 1 aliphatic rings. The van der Waals surface area contributed by atoms with E-state index in [9.17, 15) is 4.79 Å². The normalized spacial score (nSPS) is 17.5. The van der Waals surface area contributed by atoms with Gasteiger partial charge in [0.2, 0.25) is 0 Å². The van der Waals surface area contributed by atoms with Gasteiger partial charge in [0.1, 0.15) is 6.10 Å². The van der Waals surface area contributed by atoms with Crippen LogP contribution in [0.3, 0.4) is 0 Å². The fraction of sp³-hybridized carbons (Fsp3) is 0.308. The molecule has 1 atom stereocenters. The van der Waals surface area contributed by atoms with E-state index in [1.54, 1.807) is 0 Å². The summed E-state index contributed by atoms with van der Waals surface area (Å²) in [6, 6.07) is 7.98. The van der Waals surface area contributed by atoms with Crippen LogP contribution >= 0.6 is 0 Å². The van der Waals surface area contributed by atoms with E-state index in [1.165, 1.54) is 0 Å². The quantitative estimate of drug-likeness (QED) is 0.704. The Balaban J connectivity index is 2.08. The molecule has 1 aromatic carbocycles. The number of hydrogen-bond donors (Lipinski definition) is 0. The van der Waals surface area contributed by atoms with Gasteiger partial charge in [0.05, 0.1) is 0 Å². The van der Waals surface area contributed by atoms with Crippen LogP contribution in [-0.2, 0) is 9.53 Å². The van der Waals surface area contributed by atoms with E-state index in [0.29, 0.717) is 6.42 Å². The van der Waals surface area contributed by atoms with E-state index in [1.807, 2.05) is 43.3 Å². The fourth-order valence-corrected chi connectivity index (χ4v) is 1.72. The van der Waals surface area contributed by atoms with Gasteiger partial charge in [-0.15, -0.1) is 0 Å². The van der Waals surface area contributed by atoms with E-state index in [2.05, 4.69) is 0 Å². The maximum Gasteiger partial charge on any atom is 0.306 e. The number of ether oxygens (including phenoxy) is 1. The molecule has 0 aromatic heterocycles. The van der Waals surface area contributed by atoms with Crippen LogP contribution < -0.4 is 0 Å². The zero-order chi connectivity index (χ0) is 10.7. The first-order valence-corrected chi connectivity index (χ1v) is 5.28. The molecule has 0 saturated heterocycles. The standard InChI is InChI=1S/C13H14O2/c1-2-5-13(14)15-12-9-8-10-6-3-4-7-11(10)12/h3-4,6-9,12H,2,5H2,1H3. The van der Waals surface area contributed by atoms with Crippen molar-refractivity contribution in [1.29, 1.82) is 0 Å². The van der Waals surface area contributed by atoms with Gasteiger partial charge in [-0.1, -0.05) is 37.3 Å². The Morgan fingerprint density at radius 2 is 2.20 bits per heavy atom. The summed E-state index contributed by atoms with van der Waals surface area (Å²) in [7, 11) is 0. The molecule has 0 aliphatic heterocycles. The summed E-state index contributed by atoms with van der Waals surface area (Å²) < 4.78 is 5.35. The van der Waals surface area contributed by atoms with E-state index >= 15 is 0 Å². The Hall–Kier alpha value is -1.57. The van der Waals surface area contributed by atoms with Crippen molar-refractivity contribution in [3.05, 3.63) is 41.5 Å². The SMILES string of the molecule is CCCC(=O)OC1C=Cc2ccccc21. The monoisotopic (exact) mass is 202 g/mol. The molecule has 2 rings (SSSR count). The van der Waals surface area contributed by atoms with Crippen molar-refractivity contribution in [3.8, 4) is 0 Å². The predicted molar refractivity (Wildman–Crippen MR) is 59.2 cm³/mol. The maximum absolute atomic E-state index is 11.4. The van der Waals surface area contributed by atoms with E-state index in [0.717, 1.165) is 17.5 Å². The molecule has 1 aliphatic carbocycles. The highest BCUT2D eigenvalue weighted by Crippen LogP contribution is 2.30. The summed E-state index contributed by atoms with van der Waals surface area (Å²) in [5.74, 6) is -0.121. The number of benzene rings is 1. The van der Waals surface area contributed by atoms with Crippen LogP contribution in [0.25, 0.3) is 6.08 Å². The molecule has 2 nitrogen and oxygen atoms in total. The Morgan fingerprint density at radius 1 is 1.40 bits per heavy atom. The van der Waals surface area contributed by atoms with Crippen LogP contribution in [0.1, 0.15) is 37.0 Å². The van der Waals surface area contributed by atoms with Crippen LogP contribution in [-0.4, -0.2) is 5.97 Å². The first kappa shape index (κ1) is 9.97. The average molecular weight is 202 g/mol. The number of carbonyl (C=O) groups excluding carboxylic acids is 1. The minimum Gasteiger partial charge on any atom is -0.453 e. The first-order valence-electron chi connectivity index (χ1n) is 5.28. The van der Waals surface area contributed by atoms with Crippen molar-refractivity contribution in [2.24, 2.45) is 0 Å². The van der Waals surface area contributed by atoms with Gasteiger partial charge in [-0.2, -0.15) is 0 Å². The van der Waals surface area contributed by atoms with E-state index in [-0.39, 0.29) is 12.1 Å². The van der Waals surface area contributed by atoms with Gasteiger partial charge >= 0.3 is 5.97 Å². The molecule has 0 fully saturated rings. The van der Waals surface area contributed by atoms with Crippen LogP contribution in [0.4, 0.5) is 0 Å². The largest absolute Gasteiger partial charge is 0.453 e. The molecule has 0 saturated carbocycles. The second kappa shape index (κ2) is 4.30. The highest BCUT2D eigenvalue weighted by Gasteiger charge is 2.19. The van der Waals surface area contributed by atoms with Crippen LogP contribution in [0.5, 0.6) is 0 Å². The highest BCUT2D eigenvalue weighted by molar-refractivity contribution is 5.71. The second-order valence-electron chi connectivity index (χ2n) is 3.65. The third kappa shape index (κ3) is 2.09. The molecule has 0 N–H and O–H groups in total. The number of hydrogen-bond acceptors (Lipinski definition) is 2. The lowest BCUT2D eigenvalue weighted by Crippen LogP contribution is -2.07. The van der Waals surface area contributed by atoms with Crippen molar-refractivity contribution in [3.63, 3.8) is 0 Å². The summed E-state index contributed by atoms with van der Waals surface area (Å²) >= 11 is 0. The molecule has 1 unspecified atom stereocenters. The number of carbonyl (C=O) groups is 1. The summed E-state index contributed by atoms with van der Waals surface area (Å²) in [4.78, 5) is 11.4. The van der Waals surface area contributed by atoms with E-state index < -0.39 is 0 Å². The second-order valence-corrected chi connectivity index (χ2v) is 3.65. The molecule has 0 bridgehead atoms. The lowest BCUT2D eigenvalue weighted by Gasteiger charge is -2.12. The van der Waals surface area contributed by atoms with Gasteiger partial charge in [-0.25, -0.2) is 0 Å². The van der Waals surface area contributed by atoms with Crippen molar-refractivity contribution >= 4 is 12.0 Å². The Morgan fingerprint density at radius 3 is 3.00 bits per heavy atom. The van der Waals surface area contributed by atoms with Crippen LogP contribution in [0.2, 0.25) is 0 Å². The third-order valence-corrected chi connectivity index (χ3v) is 2.47. The topological polar surface area (TPSA) is 26.3 Å². The van der Waals surface area contributed by atoms with Gasteiger partial charge in [0.25, 0.3) is 0 Å². The zero-order valence-corrected chi connectivity index (χ0v) is 8.77. The molecular formula is C13H14O2. The maximum atomic E-state index is 11.4. The number of esters is 1. The smallest absolute Gasteiger partial charge is 0.306 e. The first-order chi connectivity index (χ1) is 7.31. The van der Waals surface area contributed by atoms with E-state index in [4.69, 9.17) is 4.74 Å². The van der Waals surface area contributed by atoms with Gasteiger partial charge in [-0.3, -0.25) is 4.79 Å². The summed E-state index contributed by atoms with van der Waals surface area (Å²) in [6.07, 6.45) is 5.07. The molecule has 78 valence electrons. The van der Waals surface area contributed by atoms with Crippen molar-refractivity contribution in [2.45, 2.75) is 25.9 Å². The highest BCUT2D eigenvalue weighted by atomic mass is 16.5. The molecule has 0 spiro atoms.